The van der Waals surface area contributed by atoms with Gasteiger partial charge in [0.25, 0.3) is 0 Å². The minimum absolute atomic E-state index is 0.257. The number of anilines is 1. The van der Waals surface area contributed by atoms with E-state index in [1.54, 1.807) is 0 Å². The van der Waals surface area contributed by atoms with Crippen LogP contribution in [0.25, 0.3) is 0 Å². The smallest absolute Gasteiger partial charge is 0.231 e. The van der Waals surface area contributed by atoms with Crippen molar-refractivity contribution in [3.63, 3.8) is 0 Å². The van der Waals surface area contributed by atoms with Gasteiger partial charge in [-0.1, -0.05) is 37.1 Å². The van der Waals surface area contributed by atoms with E-state index in [4.69, 9.17) is 21.1 Å². The molecule has 1 N–H and O–H groups in total. The molecule has 0 bridgehead atoms. The number of hydrogen-bond donors (Lipinski definition) is 1. The highest BCUT2D eigenvalue weighted by Gasteiger charge is 2.15. The lowest BCUT2D eigenvalue weighted by molar-refractivity contribution is 0.174. The van der Waals surface area contributed by atoms with Crippen LogP contribution in [0.15, 0.2) is 42.5 Å². The molecule has 0 saturated carbocycles. The molecule has 1 atom stereocenters. The highest BCUT2D eigenvalue weighted by atomic mass is 35.5. The maximum Gasteiger partial charge on any atom is 0.231 e. The minimum atomic E-state index is 0.257. The van der Waals surface area contributed by atoms with E-state index in [9.17, 15) is 0 Å². The molecule has 2 aromatic carbocycles. The minimum Gasteiger partial charge on any atom is -0.454 e. The molecule has 4 heteroatoms. The van der Waals surface area contributed by atoms with Gasteiger partial charge in [0.05, 0.1) is 6.04 Å². The lowest BCUT2D eigenvalue weighted by Crippen LogP contribution is -2.10. The molecule has 0 amide bonds. The lowest BCUT2D eigenvalue weighted by Gasteiger charge is -2.20. The molecule has 3 nitrogen and oxygen atoms in total. The van der Waals surface area contributed by atoms with Crippen LogP contribution in [-0.2, 0) is 0 Å². The summed E-state index contributed by atoms with van der Waals surface area (Å²) in [4.78, 5) is 0. The Morgan fingerprint density at radius 1 is 1.10 bits per heavy atom. The summed E-state index contributed by atoms with van der Waals surface area (Å²) in [5, 5.41) is 4.33. The summed E-state index contributed by atoms with van der Waals surface area (Å²) in [7, 11) is 0. The molecule has 1 aliphatic rings. The van der Waals surface area contributed by atoms with Crippen molar-refractivity contribution >= 4 is 17.3 Å². The molecule has 0 spiro atoms. The quantitative estimate of drug-likeness (QED) is 0.841. The molecule has 1 aliphatic heterocycles. The molecular formula is C17H18ClNO2. The van der Waals surface area contributed by atoms with Gasteiger partial charge in [-0.15, -0.1) is 0 Å². The van der Waals surface area contributed by atoms with Gasteiger partial charge in [0.1, 0.15) is 0 Å². The Hall–Kier alpha value is -1.87. The number of rotatable bonds is 5. The van der Waals surface area contributed by atoms with E-state index in [0.29, 0.717) is 6.79 Å². The van der Waals surface area contributed by atoms with Gasteiger partial charge in [-0.25, -0.2) is 0 Å². The van der Waals surface area contributed by atoms with E-state index in [1.165, 1.54) is 5.56 Å². The molecule has 110 valence electrons. The average Bonchev–Trinajstić information content (AvgIpc) is 2.95. The SMILES string of the molecule is CCCC(Nc1ccc2c(c1)OCO2)c1ccc(Cl)cc1. The van der Waals surface area contributed by atoms with Crippen LogP contribution in [0.1, 0.15) is 31.4 Å². The van der Waals surface area contributed by atoms with Crippen molar-refractivity contribution in [3.05, 3.63) is 53.1 Å². The molecule has 3 rings (SSSR count). The highest BCUT2D eigenvalue weighted by molar-refractivity contribution is 6.30. The molecule has 1 heterocycles. The number of fused-ring (bicyclic) bond motifs is 1. The number of ether oxygens (including phenoxy) is 2. The summed E-state index contributed by atoms with van der Waals surface area (Å²) in [6.45, 7) is 2.48. The van der Waals surface area contributed by atoms with Crippen molar-refractivity contribution < 1.29 is 9.47 Å². The summed E-state index contributed by atoms with van der Waals surface area (Å²) in [5.74, 6) is 1.60. The third-order valence-corrected chi connectivity index (χ3v) is 3.82. The maximum atomic E-state index is 5.97. The van der Waals surface area contributed by atoms with Gasteiger partial charge in [-0.05, 0) is 36.2 Å². The van der Waals surface area contributed by atoms with Crippen molar-refractivity contribution in [1.29, 1.82) is 0 Å². The van der Waals surface area contributed by atoms with Crippen LogP contribution in [0.2, 0.25) is 5.02 Å². The van der Waals surface area contributed by atoms with Gasteiger partial charge in [0.15, 0.2) is 11.5 Å². The summed E-state index contributed by atoms with van der Waals surface area (Å²) in [6, 6.07) is 14.2. The van der Waals surface area contributed by atoms with Crippen LogP contribution in [0.5, 0.6) is 11.5 Å². The van der Waals surface area contributed by atoms with Gasteiger partial charge >= 0.3 is 0 Å². The molecule has 2 aromatic rings. The normalized spacial score (nSPS) is 14.0. The second-order valence-corrected chi connectivity index (χ2v) is 5.54. The van der Waals surface area contributed by atoms with Gasteiger partial charge in [-0.3, -0.25) is 0 Å². The molecule has 0 saturated heterocycles. The van der Waals surface area contributed by atoms with Gasteiger partial charge < -0.3 is 14.8 Å². The number of nitrogens with one attached hydrogen (secondary N) is 1. The van der Waals surface area contributed by atoms with Crippen LogP contribution in [0, 0.1) is 0 Å². The summed E-state index contributed by atoms with van der Waals surface area (Å²) >= 11 is 5.97. The van der Waals surface area contributed by atoms with Gasteiger partial charge in [0, 0.05) is 16.8 Å². The molecule has 1 unspecified atom stereocenters. The van der Waals surface area contributed by atoms with Crippen molar-refractivity contribution in [3.8, 4) is 11.5 Å². The van der Waals surface area contributed by atoms with E-state index in [-0.39, 0.29) is 6.04 Å². The fourth-order valence-electron chi connectivity index (χ4n) is 2.49. The molecule has 0 aliphatic carbocycles. The zero-order valence-electron chi connectivity index (χ0n) is 11.9. The van der Waals surface area contributed by atoms with E-state index in [2.05, 4.69) is 24.4 Å². The summed E-state index contributed by atoms with van der Waals surface area (Å²) in [6.07, 6.45) is 2.15. The van der Waals surface area contributed by atoms with E-state index >= 15 is 0 Å². The van der Waals surface area contributed by atoms with Crippen molar-refractivity contribution in [2.75, 3.05) is 12.1 Å². The number of halogens is 1. The van der Waals surface area contributed by atoms with Crippen molar-refractivity contribution in [2.24, 2.45) is 0 Å². The topological polar surface area (TPSA) is 30.5 Å². The van der Waals surface area contributed by atoms with Crippen LogP contribution < -0.4 is 14.8 Å². The van der Waals surface area contributed by atoms with E-state index < -0.39 is 0 Å². The molecular weight excluding hydrogens is 286 g/mol. The Kier molecular flexibility index (Phi) is 4.20. The Morgan fingerprint density at radius 3 is 2.62 bits per heavy atom. The third-order valence-electron chi connectivity index (χ3n) is 3.56. The average molecular weight is 304 g/mol. The first-order valence-electron chi connectivity index (χ1n) is 7.18. The zero-order chi connectivity index (χ0) is 14.7. The molecule has 21 heavy (non-hydrogen) atoms. The number of hydrogen-bond acceptors (Lipinski definition) is 3. The van der Waals surface area contributed by atoms with E-state index in [0.717, 1.165) is 35.1 Å². The Balaban J connectivity index is 1.80. The fourth-order valence-corrected chi connectivity index (χ4v) is 2.62. The molecule has 0 fully saturated rings. The van der Waals surface area contributed by atoms with Gasteiger partial charge in [-0.2, -0.15) is 0 Å². The first-order valence-corrected chi connectivity index (χ1v) is 7.55. The second-order valence-electron chi connectivity index (χ2n) is 5.11. The third kappa shape index (κ3) is 3.24. The van der Waals surface area contributed by atoms with Crippen LogP contribution >= 0.6 is 11.6 Å². The highest BCUT2D eigenvalue weighted by Crippen LogP contribution is 2.35. The predicted molar refractivity (Wildman–Crippen MR) is 85.3 cm³/mol. The van der Waals surface area contributed by atoms with Crippen molar-refractivity contribution in [2.45, 2.75) is 25.8 Å². The van der Waals surface area contributed by atoms with Crippen molar-refractivity contribution in [1.82, 2.24) is 0 Å². The standard InChI is InChI=1S/C17H18ClNO2/c1-2-3-15(12-4-6-13(18)7-5-12)19-14-8-9-16-17(10-14)21-11-20-16/h4-10,15,19H,2-3,11H2,1H3. The Labute approximate surface area is 129 Å². The van der Waals surface area contributed by atoms with Crippen LogP contribution in [0.4, 0.5) is 5.69 Å². The molecule has 0 radical (unpaired) electrons. The zero-order valence-corrected chi connectivity index (χ0v) is 12.7. The van der Waals surface area contributed by atoms with E-state index in [1.807, 2.05) is 30.3 Å². The second kappa shape index (κ2) is 6.27. The Bertz CT molecular complexity index is 613. The predicted octanol–water partition coefficient (Wildman–Crippen LogP) is 5.02. The summed E-state index contributed by atoms with van der Waals surface area (Å²) < 4.78 is 10.8. The first kappa shape index (κ1) is 14.1. The summed E-state index contributed by atoms with van der Waals surface area (Å²) in [5.41, 5.74) is 2.27. The largest absolute Gasteiger partial charge is 0.454 e. The Morgan fingerprint density at radius 2 is 1.86 bits per heavy atom. The first-order chi connectivity index (χ1) is 10.3. The van der Waals surface area contributed by atoms with Gasteiger partial charge in [0.2, 0.25) is 6.79 Å². The maximum absolute atomic E-state index is 5.97. The fraction of sp³-hybridized carbons (Fsp3) is 0.294. The lowest BCUT2D eigenvalue weighted by atomic mass is 10.0. The van der Waals surface area contributed by atoms with Crippen LogP contribution in [0.3, 0.4) is 0 Å². The van der Waals surface area contributed by atoms with Crippen LogP contribution in [-0.4, -0.2) is 6.79 Å². The molecule has 0 aromatic heterocycles. The number of benzene rings is 2. The monoisotopic (exact) mass is 303 g/mol.